The summed E-state index contributed by atoms with van der Waals surface area (Å²) in [6.07, 6.45) is 3.91. The molecule has 1 atom stereocenters. The third-order valence-electron chi connectivity index (χ3n) is 6.33. The van der Waals surface area contributed by atoms with Gasteiger partial charge in [0.2, 0.25) is 5.91 Å². The van der Waals surface area contributed by atoms with Gasteiger partial charge < -0.3 is 16.0 Å². The van der Waals surface area contributed by atoms with Gasteiger partial charge in [0.05, 0.1) is 0 Å². The lowest BCUT2D eigenvalue weighted by Crippen LogP contribution is -2.56. The van der Waals surface area contributed by atoms with E-state index in [1.54, 1.807) is 4.90 Å². The van der Waals surface area contributed by atoms with E-state index in [-0.39, 0.29) is 29.8 Å². The van der Waals surface area contributed by atoms with E-state index in [1.807, 2.05) is 13.8 Å². The number of carbonyl (C=O) groups excluding carboxylic acids is 3. The van der Waals surface area contributed by atoms with Crippen molar-refractivity contribution in [2.75, 3.05) is 19.6 Å². The molecule has 2 saturated heterocycles. The van der Waals surface area contributed by atoms with Crippen molar-refractivity contribution in [1.29, 1.82) is 0 Å². The molecule has 2 heterocycles. The summed E-state index contributed by atoms with van der Waals surface area (Å²) in [5.41, 5.74) is 5.18. The Kier molecular flexibility index (Phi) is 4.56. The van der Waals surface area contributed by atoms with Crippen molar-refractivity contribution in [2.24, 2.45) is 17.1 Å². The van der Waals surface area contributed by atoms with Crippen LogP contribution in [0.4, 0.5) is 4.79 Å². The van der Waals surface area contributed by atoms with E-state index < -0.39 is 11.6 Å². The van der Waals surface area contributed by atoms with Crippen molar-refractivity contribution in [2.45, 2.75) is 64.5 Å². The van der Waals surface area contributed by atoms with Crippen LogP contribution in [0.1, 0.15) is 52.9 Å². The Labute approximate surface area is 149 Å². The Morgan fingerprint density at radius 3 is 2.48 bits per heavy atom. The quantitative estimate of drug-likeness (QED) is 0.728. The van der Waals surface area contributed by atoms with Gasteiger partial charge in [0.1, 0.15) is 12.1 Å². The van der Waals surface area contributed by atoms with E-state index in [4.69, 9.17) is 5.73 Å². The highest BCUT2D eigenvalue weighted by molar-refractivity contribution is 6.09. The SMILES string of the molecule is CC1CCC2(CC1)NC(=O)N(CC(=O)N1CCC(N)C(C)(C)C1)C2=O. The minimum absolute atomic E-state index is 0.0563. The molecule has 4 amide bonds. The Bertz CT molecular complexity index is 581. The topological polar surface area (TPSA) is 95.7 Å². The second-order valence-corrected chi connectivity index (χ2v) is 8.79. The second-order valence-electron chi connectivity index (χ2n) is 8.79. The van der Waals surface area contributed by atoms with E-state index >= 15 is 0 Å². The lowest BCUT2D eigenvalue weighted by atomic mass is 9.77. The maximum Gasteiger partial charge on any atom is 0.325 e. The summed E-state index contributed by atoms with van der Waals surface area (Å²) in [4.78, 5) is 40.7. The summed E-state index contributed by atoms with van der Waals surface area (Å²) >= 11 is 0. The summed E-state index contributed by atoms with van der Waals surface area (Å²) in [5.74, 6) is 0.168. The average Bonchev–Trinajstić information content (AvgIpc) is 2.77. The second kappa shape index (κ2) is 6.27. The van der Waals surface area contributed by atoms with Crippen LogP contribution in [0.3, 0.4) is 0 Å². The molecule has 0 radical (unpaired) electrons. The summed E-state index contributed by atoms with van der Waals surface area (Å²) in [7, 11) is 0. The van der Waals surface area contributed by atoms with Gasteiger partial charge in [-0.05, 0) is 43.4 Å². The fourth-order valence-corrected chi connectivity index (χ4v) is 4.24. The molecule has 3 aliphatic rings. The van der Waals surface area contributed by atoms with E-state index in [9.17, 15) is 14.4 Å². The third-order valence-corrected chi connectivity index (χ3v) is 6.33. The number of urea groups is 1. The first kappa shape index (κ1) is 18.2. The van der Waals surface area contributed by atoms with E-state index in [2.05, 4.69) is 12.2 Å². The van der Waals surface area contributed by atoms with Gasteiger partial charge in [0, 0.05) is 19.1 Å². The molecule has 0 aromatic heterocycles. The van der Waals surface area contributed by atoms with Gasteiger partial charge in [-0.25, -0.2) is 4.79 Å². The number of likely N-dealkylation sites (tertiary alicyclic amines) is 1. The molecular formula is C18H30N4O3. The van der Waals surface area contributed by atoms with Crippen LogP contribution < -0.4 is 11.1 Å². The summed E-state index contributed by atoms with van der Waals surface area (Å²) < 4.78 is 0. The van der Waals surface area contributed by atoms with Gasteiger partial charge in [0.25, 0.3) is 5.91 Å². The highest BCUT2D eigenvalue weighted by Crippen LogP contribution is 2.36. The van der Waals surface area contributed by atoms with Crippen LogP contribution in [0.2, 0.25) is 0 Å². The largest absolute Gasteiger partial charge is 0.340 e. The molecule has 1 saturated carbocycles. The van der Waals surface area contributed by atoms with E-state index in [0.717, 1.165) is 24.2 Å². The van der Waals surface area contributed by atoms with Gasteiger partial charge in [-0.2, -0.15) is 0 Å². The number of carbonyl (C=O) groups is 3. The number of piperidine rings is 1. The molecule has 25 heavy (non-hydrogen) atoms. The number of hydrogen-bond acceptors (Lipinski definition) is 4. The first-order valence-electron chi connectivity index (χ1n) is 9.32. The molecule has 0 aromatic carbocycles. The standard InChI is InChI=1S/C18H30N4O3/c1-12-4-7-18(8-5-12)15(24)22(16(25)20-18)10-14(23)21-9-6-13(19)17(2,3)11-21/h12-13H,4-11,19H2,1-3H3,(H,20,25). The number of imide groups is 1. The Morgan fingerprint density at radius 1 is 1.24 bits per heavy atom. The summed E-state index contributed by atoms with van der Waals surface area (Å²) in [5, 5.41) is 2.87. The van der Waals surface area contributed by atoms with Gasteiger partial charge in [0.15, 0.2) is 0 Å². The van der Waals surface area contributed by atoms with E-state index in [1.165, 1.54) is 0 Å². The average molecular weight is 350 g/mol. The molecule has 0 aromatic rings. The number of nitrogens with one attached hydrogen (secondary N) is 1. The molecule has 1 spiro atoms. The predicted molar refractivity (Wildman–Crippen MR) is 93.6 cm³/mol. The number of amides is 4. The molecule has 3 fully saturated rings. The highest BCUT2D eigenvalue weighted by Gasteiger charge is 2.52. The molecule has 0 bridgehead atoms. The monoisotopic (exact) mass is 350 g/mol. The van der Waals surface area contributed by atoms with Gasteiger partial charge in [-0.15, -0.1) is 0 Å². The third kappa shape index (κ3) is 3.26. The fraction of sp³-hybridized carbons (Fsp3) is 0.833. The first-order valence-corrected chi connectivity index (χ1v) is 9.32. The summed E-state index contributed by atoms with van der Waals surface area (Å²) in [6.45, 7) is 7.21. The van der Waals surface area contributed by atoms with Crippen LogP contribution in [0, 0.1) is 11.3 Å². The number of nitrogens with zero attached hydrogens (tertiary/aromatic N) is 2. The van der Waals surface area contributed by atoms with Crippen molar-refractivity contribution in [3.63, 3.8) is 0 Å². The zero-order valence-corrected chi connectivity index (χ0v) is 15.5. The Morgan fingerprint density at radius 2 is 1.88 bits per heavy atom. The molecule has 2 aliphatic heterocycles. The maximum absolute atomic E-state index is 12.8. The zero-order valence-electron chi connectivity index (χ0n) is 15.5. The van der Waals surface area contributed by atoms with Crippen molar-refractivity contribution in [3.05, 3.63) is 0 Å². The normalized spacial score (nSPS) is 35.2. The molecule has 1 unspecified atom stereocenters. The van der Waals surface area contributed by atoms with Crippen molar-refractivity contribution in [3.8, 4) is 0 Å². The van der Waals surface area contributed by atoms with Crippen molar-refractivity contribution < 1.29 is 14.4 Å². The Balaban J connectivity index is 1.66. The van der Waals surface area contributed by atoms with Crippen LogP contribution in [0.25, 0.3) is 0 Å². The fourth-order valence-electron chi connectivity index (χ4n) is 4.24. The van der Waals surface area contributed by atoms with Crippen LogP contribution in [0.5, 0.6) is 0 Å². The molecule has 140 valence electrons. The zero-order chi connectivity index (χ0) is 18.4. The number of rotatable bonds is 2. The maximum atomic E-state index is 12.8. The molecule has 3 rings (SSSR count). The number of hydrogen-bond donors (Lipinski definition) is 2. The molecule has 3 N–H and O–H groups in total. The minimum atomic E-state index is -0.784. The van der Waals surface area contributed by atoms with Gasteiger partial charge >= 0.3 is 6.03 Å². The van der Waals surface area contributed by atoms with Crippen molar-refractivity contribution >= 4 is 17.8 Å². The van der Waals surface area contributed by atoms with Gasteiger partial charge in [-0.1, -0.05) is 20.8 Å². The summed E-state index contributed by atoms with van der Waals surface area (Å²) in [6, 6.07) is -0.373. The lowest BCUT2D eigenvalue weighted by Gasteiger charge is -2.42. The first-order chi connectivity index (χ1) is 11.6. The molecule has 1 aliphatic carbocycles. The van der Waals surface area contributed by atoms with Crippen LogP contribution >= 0.6 is 0 Å². The minimum Gasteiger partial charge on any atom is -0.340 e. The van der Waals surface area contributed by atoms with Crippen LogP contribution in [-0.2, 0) is 9.59 Å². The molecule has 7 heteroatoms. The van der Waals surface area contributed by atoms with Crippen LogP contribution in [-0.4, -0.2) is 58.9 Å². The number of nitrogens with two attached hydrogens (primary N) is 1. The molecule has 7 nitrogen and oxygen atoms in total. The van der Waals surface area contributed by atoms with Gasteiger partial charge in [-0.3, -0.25) is 14.5 Å². The smallest absolute Gasteiger partial charge is 0.325 e. The van der Waals surface area contributed by atoms with Crippen LogP contribution in [0.15, 0.2) is 0 Å². The lowest BCUT2D eigenvalue weighted by molar-refractivity contribution is -0.141. The predicted octanol–water partition coefficient (Wildman–Crippen LogP) is 1.07. The van der Waals surface area contributed by atoms with E-state index in [0.29, 0.717) is 31.8 Å². The molecular weight excluding hydrogens is 320 g/mol. The van der Waals surface area contributed by atoms with Crippen molar-refractivity contribution in [1.82, 2.24) is 15.1 Å². The Hall–Kier alpha value is -1.63. The highest BCUT2D eigenvalue weighted by atomic mass is 16.2.